The second-order valence-electron chi connectivity index (χ2n) is 7.46. The molecule has 2 atom stereocenters. The van der Waals surface area contributed by atoms with Gasteiger partial charge in [-0.15, -0.1) is 0 Å². The fourth-order valence-corrected chi connectivity index (χ4v) is 4.48. The largest absolute Gasteiger partial charge is 0.348 e. The molecule has 0 saturated heterocycles. The Balaban J connectivity index is 1.82. The van der Waals surface area contributed by atoms with Gasteiger partial charge in [0.2, 0.25) is 15.9 Å². The van der Waals surface area contributed by atoms with Crippen molar-refractivity contribution in [1.82, 2.24) is 10.0 Å². The summed E-state index contributed by atoms with van der Waals surface area (Å²) in [4.78, 5) is 13.2. The molecule has 2 N–H and O–H groups in total. The summed E-state index contributed by atoms with van der Waals surface area (Å²) in [6, 6.07) is 21.7. The molecule has 5 nitrogen and oxygen atoms in total. The average molecular weight is 457 g/mol. The Labute approximate surface area is 188 Å². The van der Waals surface area contributed by atoms with Crippen LogP contribution in [0, 0.1) is 6.92 Å². The molecule has 3 aromatic rings. The van der Waals surface area contributed by atoms with Crippen molar-refractivity contribution in [3.63, 3.8) is 0 Å². The molecule has 7 heteroatoms. The number of amides is 1. The minimum Gasteiger partial charge on any atom is -0.348 e. The number of nitrogens with one attached hydrogen (secondary N) is 2. The number of carbonyl (C=O) groups excluding carboxylic acids is 1. The molecule has 0 aliphatic carbocycles. The molecule has 162 valence electrons. The maximum absolute atomic E-state index is 13.1. The van der Waals surface area contributed by atoms with Crippen molar-refractivity contribution in [2.24, 2.45) is 0 Å². The molecule has 0 unspecified atom stereocenters. The van der Waals surface area contributed by atoms with E-state index in [1.54, 1.807) is 24.3 Å². The molecule has 3 aromatic carbocycles. The molecule has 0 aliphatic heterocycles. The van der Waals surface area contributed by atoms with Crippen molar-refractivity contribution in [1.29, 1.82) is 0 Å². The van der Waals surface area contributed by atoms with E-state index >= 15 is 0 Å². The van der Waals surface area contributed by atoms with Crippen LogP contribution in [0.1, 0.15) is 29.7 Å². The predicted octanol–water partition coefficient (Wildman–Crippen LogP) is 4.42. The van der Waals surface area contributed by atoms with Gasteiger partial charge in [0.1, 0.15) is 6.04 Å². The number of sulfonamides is 1. The first-order chi connectivity index (χ1) is 14.7. The zero-order chi connectivity index (χ0) is 22.4. The SMILES string of the molecule is Cc1ccc(S(=O)(=O)N[C@@H](Cc2ccccc2)C(=O)N[C@@H](C)c2ccc(Cl)cc2)cc1. The molecule has 1 amide bonds. The molecule has 0 saturated carbocycles. The molecule has 0 spiro atoms. The zero-order valence-electron chi connectivity index (χ0n) is 17.4. The van der Waals surface area contributed by atoms with E-state index in [9.17, 15) is 13.2 Å². The van der Waals surface area contributed by atoms with E-state index in [4.69, 9.17) is 11.6 Å². The molecular formula is C24H25ClN2O3S. The molecule has 0 fully saturated rings. The van der Waals surface area contributed by atoms with Crippen LogP contribution in [0.4, 0.5) is 0 Å². The fraction of sp³-hybridized carbons (Fsp3) is 0.208. The van der Waals surface area contributed by atoms with Crippen molar-refractivity contribution in [3.05, 3.63) is 101 Å². The topological polar surface area (TPSA) is 75.3 Å². The molecule has 0 aromatic heterocycles. The van der Waals surface area contributed by atoms with E-state index in [0.717, 1.165) is 16.7 Å². The summed E-state index contributed by atoms with van der Waals surface area (Å²) < 4.78 is 28.5. The number of rotatable bonds is 8. The second-order valence-corrected chi connectivity index (χ2v) is 9.61. The highest BCUT2D eigenvalue weighted by Crippen LogP contribution is 2.17. The monoisotopic (exact) mass is 456 g/mol. The molecule has 0 radical (unpaired) electrons. The third-order valence-electron chi connectivity index (χ3n) is 4.96. The number of hydrogen-bond acceptors (Lipinski definition) is 3. The van der Waals surface area contributed by atoms with Crippen molar-refractivity contribution in [2.75, 3.05) is 0 Å². The minimum absolute atomic E-state index is 0.120. The lowest BCUT2D eigenvalue weighted by molar-refractivity contribution is -0.123. The van der Waals surface area contributed by atoms with Crippen LogP contribution in [0.3, 0.4) is 0 Å². The third-order valence-corrected chi connectivity index (χ3v) is 6.70. The van der Waals surface area contributed by atoms with Crippen LogP contribution in [-0.4, -0.2) is 20.4 Å². The first-order valence-electron chi connectivity index (χ1n) is 9.93. The molecule has 0 aliphatic rings. The minimum atomic E-state index is -3.88. The van der Waals surface area contributed by atoms with Gasteiger partial charge in [-0.25, -0.2) is 8.42 Å². The lowest BCUT2D eigenvalue weighted by atomic mass is 10.0. The number of hydrogen-bond donors (Lipinski definition) is 2. The first-order valence-corrected chi connectivity index (χ1v) is 11.8. The number of halogens is 1. The first kappa shape index (κ1) is 23.0. The van der Waals surface area contributed by atoms with E-state index in [2.05, 4.69) is 10.0 Å². The van der Waals surface area contributed by atoms with Gasteiger partial charge in [0, 0.05) is 5.02 Å². The Morgan fingerprint density at radius 1 is 0.935 bits per heavy atom. The Morgan fingerprint density at radius 2 is 1.55 bits per heavy atom. The van der Waals surface area contributed by atoms with Crippen molar-refractivity contribution in [2.45, 2.75) is 37.2 Å². The van der Waals surface area contributed by atoms with Crippen LogP contribution in [0.2, 0.25) is 5.02 Å². The zero-order valence-corrected chi connectivity index (χ0v) is 19.0. The summed E-state index contributed by atoms with van der Waals surface area (Å²) >= 11 is 5.94. The normalized spacial score (nSPS) is 13.4. The summed E-state index contributed by atoms with van der Waals surface area (Å²) in [7, 11) is -3.88. The van der Waals surface area contributed by atoms with Crippen LogP contribution in [-0.2, 0) is 21.2 Å². The van der Waals surface area contributed by atoms with Crippen LogP contribution in [0.5, 0.6) is 0 Å². The van der Waals surface area contributed by atoms with Crippen LogP contribution in [0.25, 0.3) is 0 Å². The van der Waals surface area contributed by atoms with E-state index in [1.807, 2.05) is 56.3 Å². The molecular weight excluding hydrogens is 432 g/mol. The summed E-state index contributed by atoms with van der Waals surface area (Å²) in [5.74, 6) is -0.401. The van der Waals surface area contributed by atoms with Gasteiger partial charge in [0.25, 0.3) is 0 Å². The maximum atomic E-state index is 13.1. The van der Waals surface area contributed by atoms with Crippen LogP contribution in [0.15, 0.2) is 83.8 Å². The van der Waals surface area contributed by atoms with E-state index in [-0.39, 0.29) is 17.4 Å². The average Bonchev–Trinajstić information content (AvgIpc) is 2.74. The predicted molar refractivity (Wildman–Crippen MR) is 123 cm³/mol. The van der Waals surface area contributed by atoms with E-state index in [0.29, 0.717) is 5.02 Å². The smallest absolute Gasteiger partial charge is 0.241 e. The molecule has 31 heavy (non-hydrogen) atoms. The molecule has 3 rings (SSSR count). The summed E-state index contributed by atoms with van der Waals surface area (Å²) in [6.45, 7) is 3.73. The van der Waals surface area contributed by atoms with Gasteiger partial charge in [-0.2, -0.15) is 4.72 Å². The highest BCUT2D eigenvalue weighted by atomic mass is 35.5. The third kappa shape index (κ3) is 6.40. The van der Waals surface area contributed by atoms with E-state index in [1.165, 1.54) is 12.1 Å². The summed E-state index contributed by atoms with van der Waals surface area (Å²) in [5.41, 5.74) is 2.68. The summed E-state index contributed by atoms with van der Waals surface area (Å²) in [6.07, 6.45) is 0.227. The van der Waals surface area contributed by atoms with E-state index < -0.39 is 22.0 Å². The molecule has 0 bridgehead atoms. The Bertz CT molecular complexity index is 1120. The lowest BCUT2D eigenvalue weighted by Gasteiger charge is -2.22. The van der Waals surface area contributed by atoms with Gasteiger partial charge in [0.15, 0.2) is 0 Å². The van der Waals surface area contributed by atoms with Gasteiger partial charge in [-0.1, -0.05) is 71.8 Å². The van der Waals surface area contributed by atoms with Crippen LogP contribution >= 0.6 is 11.6 Å². The summed E-state index contributed by atoms with van der Waals surface area (Å²) in [5, 5.41) is 3.52. The quantitative estimate of drug-likeness (QED) is 0.527. The van der Waals surface area contributed by atoms with Crippen LogP contribution < -0.4 is 10.0 Å². The number of carbonyl (C=O) groups is 1. The lowest BCUT2D eigenvalue weighted by Crippen LogP contribution is -2.48. The van der Waals surface area contributed by atoms with Gasteiger partial charge >= 0.3 is 0 Å². The standard InChI is InChI=1S/C24H25ClN2O3S/c1-17-8-14-22(15-9-17)31(29,30)27-23(16-19-6-4-3-5-7-19)24(28)26-18(2)20-10-12-21(25)13-11-20/h3-15,18,23,27H,16H2,1-2H3,(H,26,28)/t18-,23-/m0/s1. The second kappa shape index (κ2) is 10.1. The van der Waals surface area contributed by atoms with Gasteiger partial charge in [-0.3, -0.25) is 4.79 Å². The van der Waals surface area contributed by atoms with Gasteiger partial charge in [-0.05, 0) is 55.7 Å². The number of benzene rings is 3. The molecule has 0 heterocycles. The highest BCUT2D eigenvalue weighted by Gasteiger charge is 2.27. The highest BCUT2D eigenvalue weighted by molar-refractivity contribution is 7.89. The maximum Gasteiger partial charge on any atom is 0.241 e. The van der Waals surface area contributed by atoms with Gasteiger partial charge in [0.05, 0.1) is 10.9 Å². The Morgan fingerprint density at radius 3 is 2.16 bits per heavy atom. The number of aryl methyl sites for hydroxylation is 1. The van der Waals surface area contributed by atoms with Gasteiger partial charge < -0.3 is 5.32 Å². The fourth-order valence-electron chi connectivity index (χ4n) is 3.16. The van der Waals surface area contributed by atoms with Crippen molar-refractivity contribution < 1.29 is 13.2 Å². The van der Waals surface area contributed by atoms with Crippen molar-refractivity contribution in [3.8, 4) is 0 Å². The van der Waals surface area contributed by atoms with Crippen molar-refractivity contribution >= 4 is 27.5 Å². The Hall–Kier alpha value is -2.67. The Kier molecular flexibility index (Phi) is 7.49.